The Bertz CT molecular complexity index is 1030. The SMILES string of the molecule is COc1cccc(C=Nc2ccc(N=Cc3cccc(OC)c3O)cc2)c1O.ClC(Cl)Cl.ClC(Cl)Cl. The van der Waals surface area contributed by atoms with Crippen LogP contribution >= 0.6 is 69.6 Å². The topological polar surface area (TPSA) is 83.6 Å². The molecule has 0 radical (unpaired) electrons. The van der Waals surface area contributed by atoms with Gasteiger partial charge >= 0.3 is 0 Å². The van der Waals surface area contributed by atoms with Gasteiger partial charge in [-0.05, 0) is 48.5 Å². The summed E-state index contributed by atoms with van der Waals surface area (Å²) >= 11 is 28.8. The predicted octanol–water partition coefficient (Wildman–Crippen LogP) is 8.59. The van der Waals surface area contributed by atoms with Gasteiger partial charge in [-0.2, -0.15) is 0 Å². The highest BCUT2D eigenvalue weighted by Crippen LogP contribution is 2.30. The summed E-state index contributed by atoms with van der Waals surface area (Å²) in [5.74, 6) is 0.894. The molecule has 0 fully saturated rings. The van der Waals surface area contributed by atoms with Gasteiger partial charge in [-0.15, -0.1) is 0 Å². The highest BCUT2D eigenvalue weighted by molar-refractivity contribution is 6.63. The normalized spacial score (nSPS) is 10.7. The maximum absolute atomic E-state index is 10.1. The molecule has 194 valence electrons. The van der Waals surface area contributed by atoms with Crippen molar-refractivity contribution in [2.45, 2.75) is 8.59 Å². The molecule has 3 rings (SSSR count). The largest absolute Gasteiger partial charge is 0.504 e. The Labute approximate surface area is 239 Å². The summed E-state index contributed by atoms with van der Waals surface area (Å²) in [6.45, 7) is 0. The number of para-hydroxylation sites is 2. The van der Waals surface area contributed by atoms with E-state index in [1.165, 1.54) is 14.2 Å². The Morgan fingerprint density at radius 2 is 0.917 bits per heavy atom. The van der Waals surface area contributed by atoms with E-state index in [1.54, 1.807) is 48.8 Å². The predicted molar refractivity (Wildman–Crippen MR) is 153 cm³/mol. The zero-order valence-corrected chi connectivity index (χ0v) is 23.5. The third kappa shape index (κ3) is 12.3. The average molecular weight is 615 g/mol. The minimum Gasteiger partial charge on any atom is -0.504 e. The molecule has 0 heterocycles. The quantitative estimate of drug-likeness (QED) is 0.215. The first-order valence-electron chi connectivity index (χ1n) is 9.83. The van der Waals surface area contributed by atoms with Crippen molar-refractivity contribution in [2.75, 3.05) is 14.2 Å². The molecular formula is C24H22Cl6N2O4. The maximum Gasteiger partial charge on any atom is 0.180 e. The van der Waals surface area contributed by atoms with Crippen molar-refractivity contribution in [1.82, 2.24) is 0 Å². The van der Waals surface area contributed by atoms with E-state index in [1.807, 2.05) is 24.3 Å². The Morgan fingerprint density at radius 1 is 0.611 bits per heavy atom. The fourth-order valence-corrected chi connectivity index (χ4v) is 2.53. The van der Waals surface area contributed by atoms with Crippen LogP contribution in [0.2, 0.25) is 0 Å². The van der Waals surface area contributed by atoms with Crippen LogP contribution in [0, 0.1) is 0 Å². The summed E-state index contributed by atoms with van der Waals surface area (Å²) in [6.07, 6.45) is 3.15. The van der Waals surface area contributed by atoms with Gasteiger partial charge in [-0.25, -0.2) is 0 Å². The lowest BCUT2D eigenvalue weighted by molar-refractivity contribution is 0.373. The molecule has 2 N–H and O–H groups in total. The number of aliphatic imine (C=N–C) groups is 2. The Kier molecular flexibility index (Phi) is 15.5. The summed E-state index contributed by atoms with van der Waals surface area (Å²) in [6, 6.07) is 17.7. The molecule has 0 unspecified atom stereocenters. The zero-order valence-electron chi connectivity index (χ0n) is 19.0. The third-order valence-corrected chi connectivity index (χ3v) is 4.06. The number of phenols is 2. The van der Waals surface area contributed by atoms with Crippen LogP contribution in [0.5, 0.6) is 23.0 Å². The molecule has 0 aliphatic rings. The first kappa shape index (κ1) is 32.0. The minimum absolute atomic E-state index is 0.0491. The number of aromatic hydroxyl groups is 2. The summed E-state index contributed by atoms with van der Waals surface area (Å²) in [5.41, 5.74) is 2.56. The fraction of sp³-hybridized carbons (Fsp3) is 0.167. The van der Waals surface area contributed by atoms with Crippen LogP contribution < -0.4 is 9.47 Å². The molecule has 0 spiro atoms. The Morgan fingerprint density at radius 3 is 1.19 bits per heavy atom. The van der Waals surface area contributed by atoms with Crippen molar-refractivity contribution in [3.05, 3.63) is 71.8 Å². The number of halogens is 6. The van der Waals surface area contributed by atoms with Crippen LogP contribution in [-0.2, 0) is 0 Å². The molecule has 3 aromatic rings. The first-order chi connectivity index (χ1) is 17.1. The minimum atomic E-state index is -0.750. The van der Waals surface area contributed by atoms with Crippen LogP contribution in [0.4, 0.5) is 11.4 Å². The number of methoxy groups -OCH3 is 2. The molecule has 0 amide bonds. The monoisotopic (exact) mass is 612 g/mol. The number of phenolic OH excluding ortho intramolecular Hbond substituents is 2. The Balaban J connectivity index is 0.000000709. The van der Waals surface area contributed by atoms with Crippen molar-refractivity contribution < 1.29 is 19.7 Å². The highest BCUT2D eigenvalue weighted by atomic mass is 35.6. The van der Waals surface area contributed by atoms with Gasteiger partial charge in [0.1, 0.15) is 0 Å². The molecule has 0 aliphatic carbocycles. The van der Waals surface area contributed by atoms with E-state index in [0.717, 1.165) is 0 Å². The lowest BCUT2D eigenvalue weighted by Gasteiger charge is -2.05. The van der Waals surface area contributed by atoms with Gasteiger partial charge in [0.25, 0.3) is 0 Å². The van der Waals surface area contributed by atoms with E-state index in [4.69, 9.17) is 79.1 Å². The second-order valence-electron chi connectivity index (χ2n) is 6.32. The molecular weight excluding hydrogens is 593 g/mol. The van der Waals surface area contributed by atoms with E-state index >= 15 is 0 Å². The van der Waals surface area contributed by atoms with Crippen LogP contribution in [0.3, 0.4) is 0 Å². The van der Waals surface area contributed by atoms with Gasteiger partial charge < -0.3 is 19.7 Å². The van der Waals surface area contributed by atoms with E-state index in [0.29, 0.717) is 34.0 Å². The molecule has 6 nitrogen and oxygen atoms in total. The number of ether oxygens (including phenoxy) is 2. The van der Waals surface area contributed by atoms with Gasteiger partial charge in [0.05, 0.1) is 25.6 Å². The van der Waals surface area contributed by atoms with Crippen LogP contribution in [0.25, 0.3) is 0 Å². The number of alkyl halides is 6. The molecule has 3 aromatic carbocycles. The summed E-state index contributed by atoms with van der Waals surface area (Å²) in [7, 11) is 3.00. The van der Waals surface area contributed by atoms with E-state index in [-0.39, 0.29) is 11.5 Å². The van der Waals surface area contributed by atoms with E-state index in [2.05, 4.69) is 9.98 Å². The van der Waals surface area contributed by atoms with Crippen molar-refractivity contribution in [2.24, 2.45) is 9.98 Å². The smallest absolute Gasteiger partial charge is 0.180 e. The second-order valence-corrected chi connectivity index (χ2v) is 10.3. The van der Waals surface area contributed by atoms with E-state index < -0.39 is 8.59 Å². The molecule has 0 saturated carbocycles. The number of benzene rings is 3. The lowest BCUT2D eigenvalue weighted by Crippen LogP contribution is -1.88. The summed E-state index contributed by atoms with van der Waals surface area (Å²) in [5, 5.41) is 20.2. The molecule has 0 saturated heterocycles. The third-order valence-electron chi connectivity index (χ3n) is 4.06. The summed E-state index contributed by atoms with van der Waals surface area (Å²) < 4.78 is 8.67. The lowest BCUT2D eigenvalue weighted by atomic mass is 10.2. The van der Waals surface area contributed by atoms with Crippen molar-refractivity contribution in [3.8, 4) is 23.0 Å². The van der Waals surface area contributed by atoms with Gasteiger partial charge in [-0.3, -0.25) is 9.98 Å². The zero-order chi connectivity index (χ0) is 27.1. The molecule has 0 bridgehead atoms. The first-order valence-corrected chi connectivity index (χ1v) is 12.5. The van der Waals surface area contributed by atoms with Crippen LogP contribution in [-0.4, -0.2) is 45.5 Å². The number of hydrogen-bond donors (Lipinski definition) is 2. The second kappa shape index (κ2) is 17.4. The number of nitrogens with zero attached hydrogens (tertiary/aromatic N) is 2. The molecule has 0 atom stereocenters. The van der Waals surface area contributed by atoms with Gasteiger partial charge in [0.15, 0.2) is 31.6 Å². The van der Waals surface area contributed by atoms with Crippen LogP contribution in [0.15, 0.2) is 70.6 Å². The van der Waals surface area contributed by atoms with E-state index in [9.17, 15) is 10.2 Å². The molecule has 0 aliphatic heterocycles. The van der Waals surface area contributed by atoms with Crippen LogP contribution in [0.1, 0.15) is 11.1 Å². The fourth-order valence-electron chi connectivity index (χ4n) is 2.53. The number of rotatable bonds is 6. The van der Waals surface area contributed by atoms with Gasteiger partial charge in [0.2, 0.25) is 0 Å². The van der Waals surface area contributed by atoms with Crippen molar-refractivity contribution in [3.63, 3.8) is 0 Å². The molecule has 0 aromatic heterocycles. The highest BCUT2D eigenvalue weighted by Gasteiger charge is 2.06. The van der Waals surface area contributed by atoms with Crippen molar-refractivity contribution >= 4 is 93.4 Å². The van der Waals surface area contributed by atoms with Gasteiger partial charge in [-0.1, -0.05) is 81.7 Å². The standard InChI is InChI=1S/C22H20N2O4.2CHCl3/c1-27-19-7-3-5-15(21(19)25)13-23-17-9-11-18(12-10-17)24-14-16-6-4-8-20(28-2)22(16)26;2*2-1(3)4/h3-14,25-26H,1-2H3;2*1H. The molecule has 36 heavy (non-hydrogen) atoms. The average Bonchev–Trinajstić information content (AvgIpc) is 2.83. The van der Waals surface area contributed by atoms with Crippen molar-refractivity contribution in [1.29, 1.82) is 0 Å². The number of hydrogen-bond acceptors (Lipinski definition) is 6. The molecule has 12 heteroatoms. The maximum atomic E-state index is 10.1. The Hall–Kier alpha value is -2.06. The van der Waals surface area contributed by atoms with Gasteiger partial charge in [0, 0.05) is 23.6 Å². The summed E-state index contributed by atoms with van der Waals surface area (Å²) in [4.78, 5) is 8.72.